The van der Waals surface area contributed by atoms with Crippen molar-refractivity contribution in [3.63, 3.8) is 0 Å². The minimum atomic E-state index is -0.107. The number of aromatic nitrogens is 2. The van der Waals surface area contributed by atoms with Gasteiger partial charge in [-0.1, -0.05) is 35.6 Å². The Balaban J connectivity index is 1.55. The number of benzene rings is 3. The summed E-state index contributed by atoms with van der Waals surface area (Å²) in [7, 11) is 1.73. The SMILES string of the molecule is CCOc1ccc2nc(Nc3ccc4c5c(cc(=O)n4C)-c4ccccc4C(=O)c35)sc2c1. The second-order valence-corrected chi connectivity index (χ2v) is 8.95. The van der Waals surface area contributed by atoms with Crippen LogP contribution < -0.4 is 15.6 Å². The molecule has 0 spiro atoms. The van der Waals surface area contributed by atoms with E-state index in [0.717, 1.165) is 38.0 Å². The number of ketones is 1. The van der Waals surface area contributed by atoms with E-state index in [1.807, 2.05) is 61.5 Å². The molecule has 0 bridgehead atoms. The molecule has 162 valence electrons. The van der Waals surface area contributed by atoms with Crippen LogP contribution in [0, 0.1) is 0 Å². The van der Waals surface area contributed by atoms with Crippen LogP contribution in [-0.4, -0.2) is 21.9 Å². The molecule has 2 aromatic heterocycles. The van der Waals surface area contributed by atoms with Gasteiger partial charge in [0.15, 0.2) is 10.9 Å². The molecule has 6 nitrogen and oxygen atoms in total. The van der Waals surface area contributed by atoms with E-state index in [4.69, 9.17) is 9.72 Å². The minimum Gasteiger partial charge on any atom is -0.494 e. The van der Waals surface area contributed by atoms with Crippen molar-refractivity contribution in [2.75, 3.05) is 11.9 Å². The molecule has 1 aliphatic carbocycles. The van der Waals surface area contributed by atoms with Crippen LogP contribution >= 0.6 is 11.3 Å². The number of carbonyl (C=O) groups excluding carboxylic acids is 1. The van der Waals surface area contributed by atoms with Gasteiger partial charge >= 0.3 is 0 Å². The quantitative estimate of drug-likeness (QED) is 0.381. The Kier molecular flexibility index (Phi) is 4.35. The van der Waals surface area contributed by atoms with Crippen molar-refractivity contribution in [3.8, 4) is 16.9 Å². The fourth-order valence-electron chi connectivity index (χ4n) is 4.49. The second kappa shape index (κ2) is 7.28. The smallest absolute Gasteiger partial charge is 0.251 e. The number of nitrogens with one attached hydrogen (secondary N) is 1. The van der Waals surface area contributed by atoms with Gasteiger partial charge in [0.1, 0.15) is 5.75 Å². The van der Waals surface area contributed by atoms with Crippen molar-refractivity contribution in [2.24, 2.45) is 7.05 Å². The molecular weight excluding hydrogens is 434 g/mol. The molecule has 0 radical (unpaired) electrons. The van der Waals surface area contributed by atoms with Gasteiger partial charge in [-0.05, 0) is 48.4 Å². The first-order valence-electron chi connectivity index (χ1n) is 10.7. The van der Waals surface area contributed by atoms with Crippen LogP contribution in [0.1, 0.15) is 22.8 Å². The summed E-state index contributed by atoms with van der Waals surface area (Å²) in [6.07, 6.45) is 0. The summed E-state index contributed by atoms with van der Waals surface area (Å²) < 4.78 is 8.18. The lowest BCUT2D eigenvalue weighted by Gasteiger charge is -2.23. The molecule has 0 amide bonds. The molecule has 1 aliphatic rings. The predicted molar refractivity (Wildman–Crippen MR) is 132 cm³/mol. The lowest BCUT2D eigenvalue weighted by Crippen LogP contribution is -2.21. The van der Waals surface area contributed by atoms with E-state index < -0.39 is 0 Å². The monoisotopic (exact) mass is 453 g/mol. The molecule has 6 rings (SSSR count). The van der Waals surface area contributed by atoms with Crippen LogP contribution in [-0.2, 0) is 7.05 Å². The normalized spacial score (nSPS) is 12.2. The Morgan fingerprint density at radius 2 is 1.82 bits per heavy atom. The molecule has 2 heterocycles. The van der Waals surface area contributed by atoms with Crippen molar-refractivity contribution in [1.29, 1.82) is 0 Å². The number of carbonyl (C=O) groups is 1. The van der Waals surface area contributed by atoms with E-state index >= 15 is 0 Å². The molecular formula is C26H19N3O3S. The molecule has 0 atom stereocenters. The summed E-state index contributed by atoms with van der Waals surface area (Å²) in [5.74, 6) is 0.739. The number of pyridine rings is 1. The van der Waals surface area contributed by atoms with Gasteiger partial charge in [-0.15, -0.1) is 0 Å². The first-order valence-corrected chi connectivity index (χ1v) is 11.5. The van der Waals surface area contributed by atoms with E-state index in [2.05, 4.69) is 5.32 Å². The van der Waals surface area contributed by atoms with Crippen LogP contribution in [0.3, 0.4) is 0 Å². The summed E-state index contributed by atoms with van der Waals surface area (Å²) in [6, 6.07) is 18.6. The van der Waals surface area contributed by atoms with Gasteiger partial charge in [0.25, 0.3) is 5.56 Å². The Hall–Kier alpha value is -3.97. The number of ether oxygens (including phenoxy) is 1. The zero-order valence-corrected chi connectivity index (χ0v) is 18.8. The lowest BCUT2D eigenvalue weighted by atomic mass is 9.83. The predicted octanol–water partition coefficient (Wildman–Crippen LogP) is 5.50. The third-order valence-corrected chi connectivity index (χ3v) is 6.95. The van der Waals surface area contributed by atoms with E-state index in [1.165, 1.54) is 11.3 Å². The number of aryl methyl sites for hydroxylation is 1. The maximum Gasteiger partial charge on any atom is 0.251 e. The molecule has 0 aliphatic heterocycles. The number of rotatable bonds is 4. The zero-order valence-electron chi connectivity index (χ0n) is 18.0. The summed E-state index contributed by atoms with van der Waals surface area (Å²) in [6.45, 7) is 2.55. The van der Waals surface area contributed by atoms with Crippen molar-refractivity contribution < 1.29 is 9.53 Å². The number of fused-ring (bicyclic) bond motifs is 3. The number of thiazole rings is 1. The first kappa shape index (κ1) is 19.7. The third kappa shape index (κ3) is 2.97. The topological polar surface area (TPSA) is 73.2 Å². The standard InChI is InChI=1S/C26H19N3O3S/c1-3-32-14-8-9-18-21(12-14)33-26(27-18)28-19-10-11-20-23-17(13-22(30)29(20)2)15-6-4-5-7-16(15)25(31)24(19)23/h4-13H,3H2,1-2H3,(H,27,28). The highest BCUT2D eigenvalue weighted by Gasteiger charge is 2.29. The summed E-state index contributed by atoms with van der Waals surface area (Å²) in [5.41, 5.74) is 4.89. The Bertz CT molecular complexity index is 1670. The molecule has 33 heavy (non-hydrogen) atoms. The van der Waals surface area contributed by atoms with Crippen molar-refractivity contribution in [3.05, 3.63) is 82.1 Å². The van der Waals surface area contributed by atoms with E-state index in [9.17, 15) is 9.59 Å². The minimum absolute atomic E-state index is 0.0652. The highest BCUT2D eigenvalue weighted by atomic mass is 32.1. The van der Waals surface area contributed by atoms with Crippen LogP contribution in [0.2, 0.25) is 0 Å². The molecule has 3 aromatic carbocycles. The average Bonchev–Trinajstić information content (AvgIpc) is 3.22. The molecule has 0 fully saturated rings. The largest absolute Gasteiger partial charge is 0.494 e. The third-order valence-electron chi connectivity index (χ3n) is 6.01. The fourth-order valence-corrected chi connectivity index (χ4v) is 5.39. The Labute approximate surface area is 193 Å². The molecule has 7 heteroatoms. The van der Waals surface area contributed by atoms with Crippen LogP contribution in [0.25, 0.3) is 32.2 Å². The fraction of sp³-hybridized carbons (Fsp3) is 0.115. The Morgan fingerprint density at radius 3 is 2.64 bits per heavy atom. The van der Waals surface area contributed by atoms with Crippen LogP contribution in [0.5, 0.6) is 5.75 Å². The number of nitrogens with zero attached hydrogens (tertiary/aromatic N) is 2. The van der Waals surface area contributed by atoms with Crippen molar-refractivity contribution in [2.45, 2.75) is 6.92 Å². The van der Waals surface area contributed by atoms with Crippen molar-refractivity contribution >= 4 is 49.1 Å². The van der Waals surface area contributed by atoms with Gasteiger partial charge in [-0.25, -0.2) is 4.98 Å². The van der Waals surface area contributed by atoms with E-state index in [-0.39, 0.29) is 11.3 Å². The van der Waals surface area contributed by atoms with Gasteiger partial charge in [0, 0.05) is 24.1 Å². The zero-order chi connectivity index (χ0) is 22.7. The molecule has 5 aromatic rings. The molecule has 0 saturated heterocycles. The average molecular weight is 454 g/mol. The van der Waals surface area contributed by atoms with Gasteiger partial charge in [0.05, 0.1) is 33.6 Å². The van der Waals surface area contributed by atoms with Crippen molar-refractivity contribution in [1.82, 2.24) is 9.55 Å². The number of hydrogen-bond donors (Lipinski definition) is 1. The maximum absolute atomic E-state index is 13.6. The molecule has 1 N–H and O–H groups in total. The summed E-state index contributed by atoms with van der Waals surface area (Å²) in [5, 5.41) is 4.84. The molecule has 0 unspecified atom stereocenters. The van der Waals surface area contributed by atoms with Gasteiger partial charge < -0.3 is 14.6 Å². The van der Waals surface area contributed by atoms with Gasteiger partial charge in [0.2, 0.25) is 0 Å². The van der Waals surface area contributed by atoms with E-state index in [1.54, 1.807) is 17.7 Å². The van der Waals surface area contributed by atoms with Gasteiger partial charge in [-0.2, -0.15) is 0 Å². The highest BCUT2D eigenvalue weighted by molar-refractivity contribution is 7.22. The number of anilines is 2. The second-order valence-electron chi connectivity index (χ2n) is 7.92. The van der Waals surface area contributed by atoms with Crippen LogP contribution in [0.4, 0.5) is 10.8 Å². The summed E-state index contributed by atoms with van der Waals surface area (Å²) >= 11 is 1.50. The van der Waals surface area contributed by atoms with E-state index in [0.29, 0.717) is 28.6 Å². The Morgan fingerprint density at radius 1 is 1.00 bits per heavy atom. The van der Waals surface area contributed by atoms with Gasteiger partial charge in [-0.3, -0.25) is 9.59 Å². The highest BCUT2D eigenvalue weighted by Crippen LogP contribution is 2.42. The first-order chi connectivity index (χ1) is 16.0. The maximum atomic E-state index is 13.6. The lowest BCUT2D eigenvalue weighted by molar-refractivity contribution is 0.104. The molecule has 0 saturated carbocycles. The summed E-state index contributed by atoms with van der Waals surface area (Å²) in [4.78, 5) is 31.0. The van der Waals surface area contributed by atoms with Crippen LogP contribution in [0.15, 0.2) is 65.5 Å². The number of hydrogen-bond acceptors (Lipinski definition) is 6.